The second-order valence-electron chi connectivity index (χ2n) is 7.81. The van der Waals surface area contributed by atoms with Gasteiger partial charge in [0, 0.05) is 6.08 Å². The number of ether oxygens (including phenoxy) is 1. The summed E-state index contributed by atoms with van der Waals surface area (Å²) >= 11 is 0. The van der Waals surface area contributed by atoms with Crippen LogP contribution in [0.3, 0.4) is 0 Å². The highest BCUT2D eigenvalue weighted by molar-refractivity contribution is 6.69. The van der Waals surface area contributed by atoms with Crippen molar-refractivity contribution in [1.29, 1.82) is 0 Å². The van der Waals surface area contributed by atoms with Crippen molar-refractivity contribution in [2.24, 2.45) is 0 Å². The summed E-state index contributed by atoms with van der Waals surface area (Å²) in [6.07, 6.45) is 2.49. The molecule has 0 saturated carbocycles. The summed E-state index contributed by atoms with van der Waals surface area (Å²) in [6.45, 7) is 15.4. The molecule has 1 heterocycles. The zero-order chi connectivity index (χ0) is 16.6. The molecule has 0 unspecified atom stereocenters. The molecular formula is C15H27NO4Si. The summed E-state index contributed by atoms with van der Waals surface area (Å²) in [5, 5.41) is 0. The van der Waals surface area contributed by atoms with Crippen LogP contribution in [-0.2, 0) is 14.0 Å². The van der Waals surface area contributed by atoms with E-state index in [1.165, 1.54) is 6.08 Å². The normalized spacial score (nSPS) is 20.1. The third-order valence-electron chi connectivity index (χ3n) is 2.81. The van der Waals surface area contributed by atoms with E-state index in [9.17, 15) is 9.59 Å². The Kier molecular flexibility index (Phi) is 4.75. The molecule has 2 amide bonds. The van der Waals surface area contributed by atoms with Crippen molar-refractivity contribution in [2.45, 2.75) is 71.5 Å². The first-order chi connectivity index (χ1) is 9.23. The summed E-state index contributed by atoms with van der Waals surface area (Å²) in [7, 11) is -1.82. The Balaban J connectivity index is 2.98. The molecule has 120 valence electrons. The molecule has 6 heteroatoms. The SMILES string of the molecule is CC(C)(C)OC(=O)N1C(=O)C=C[C@H]1C(C)(C)O[Si](C)(C)C. The molecule has 0 aromatic carbocycles. The molecule has 1 rings (SSSR count). The van der Waals surface area contributed by atoms with Crippen LogP contribution >= 0.6 is 0 Å². The van der Waals surface area contributed by atoms with Crippen molar-refractivity contribution in [3.8, 4) is 0 Å². The number of nitrogens with zero attached hydrogens (tertiary/aromatic N) is 1. The standard InChI is InChI=1S/C15H27NO4Si/c1-14(2,3)19-13(18)16-11(9-10-12(16)17)15(4,5)20-21(6,7)8/h9-11H,1-8H3/t11-/m0/s1. The van der Waals surface area contributed by atoms with Crippen molar-refractivity contribution in [3.05, 3.63) is 12.2 Å². The molecule has 0 aliphatic carbocycles. The maximum atomic E-state index is 12.3. The second kappa shape index (κ2) is 5.57. The molecule has 0 spiro atoms. The highest BCUT2D eigenvalue weighted by atomic mass is 28.4. The van der Waals surface area contributed by atoms with Crippen LogP contribution in [0, 0.1) is 0 Å². The predicted molar refractivity (Wildman–Crippen MR) is 84.5 cm³/mol. The van der Waals surface area contributed by atoms with Gasteiger partial charge in [-0.2, -0.15) is 0 Å². The van der Waals surface area contributed by atoms with Gasteiger partial charge in [-0.05, 0) is 54.3 Å². The van der Waals surface area contributed by atoms with Crippen molar-refractivity contribution < 1.29 is 18.8 Å². The highest BCUT2D eigenvalue weighted by Gasteiger charge is 2.45. The Hall–Kier alpha value is -1.14. The van der Waals surface area contributed by atoms with Gasteiger partial charge < -0.3 is 9.16 Å². The summed E-state index contributed by atoms with van der Waals surface area (Å²) in [4.78, 5) is 25.5. The minimum Gasteiger partial charge on any atom is -0.443 e. The summed E-state index contributed by atoms with van der Waals surface area (Å²) < 4.78 is 11.5. The van der Waals surface area contributed by atoms with Crippen molar-refractivity contribution in [1.82, 2.24) is 4.90 Å². The van der Waals surface area contributed by atoms with Crippen LogP contribution in [0.5, 0.6) is 0 Å². The molecule has 0 saturated heterocycles. The average Bonchev–Trinajstić information content (AvgIpc) is 2.53. The van der Waals surface area contributed by atoms with Gasteiger partial charge in [-0.25, -0.2) is 9.69 Å². The van der Waals surface area contributed by atoms with Gasteiger partial charge in [0.1, 0.15) is 5.60 Å². The van der Waals surface area contributed by atoms with Crippen LogP contribution < -0.4 is 0 Å². The number of amides is 2. The van der Waals surface area contributed by atoms with E-state index in [-0.39, 0.29) is 5.91 Å². The molecule has 1 atom stereocenters. The maximum Gasteiger partial charge on any atom is 0.417 e. The number of hydrogen-bond acceptors (Lipinski definition) is 4. The van der Waals surface area contributed by atoms with Gasteiger partial charge in [0.15, 0.2) is 8.32 Å². The third-order valence-corrected chi connectivity index (χ3v) is 3.95. The quantitative estimate of drug-likeness (QED) is 0.750. The Morgan fingerprint density at radius 2 is 1.71 bits per heavy atom. The molecule has 0 fully saturated rings. The van der Waals surface area contributed by atoms with Gasteiger partial charge >= 0.3 is 6.09 Å². The van der Waals surface area contributed by atoms with Crippen molar-refractivity contribution >= 4 is 20.3 Å². The number of carbonyl (C=O) groups is 2. The molecule has 5 nitrogen and oxygen atoms in total. The second-order valence-corrected chi connectivity index (χ2v) is 12.2. The highest BCUT2D eigenvalue weighted by Crippen LogP contribution is 2.30. The Morgan fingerprint density at radius 3 is 2.14 bits per heavy atom. The van der Waals surface area contributed by atoms with E-state index in [4.69, 9.17) is 9.16 Å². The molecule has 0 bridgehead atoms. The van der Waals surface area contributed by atoms with Crippen LogP contribution in [0.4, 0.5) is 4.79 Å². The fourth-order valence-electron chi connectivity index (χ4n) is 2.38. The van der Waals surface area contributed by atoms with Gasteiger partial charge in [-0.1, -0.05) is 6.08 Å². The van der Waals surface area contributed by atoms with Gasteiger partial charge in [0.2, 0.25) is 0 Å². The Labute approximate surface area is 128 Å². The molecular weight excluding hydrogens is 286 g/mol. The molecule has 0 aromatic heterocycles. The molecule has 0 N–H and O–H groups in total. The fourth-order valence-corrected chi connectivity index (χ4v) is 4.08. The largest absolute Gasteiger partial charge is 0.443 e. The van der Waals surface area contributed by atoms with Crippen LogP contribution in [0.2, 0.25) is 19.6 Å². The van der Waals surface area contributed by atoms with Gasteiger partial charge in [0.25, 0.3) is 5.91 Å². The number of rotatable bonds is 3. The fraction of sp³-hybridized carbons (Fsp3) is 0.733. The summed E-state index contributed by atoms with van der Waals surface area (Å²) in [6, 6.07) is -0.452. The lowest BCUT2D eigenvalue weighted by molar-refractivity contribution is -0.128. The van der Waals surface area contributed by atoms with E-state index in [0.29, 0.717) is 0 Å². The van der Waals surface area contributed by atoms with Crippen LogP contribution in [0.1, 0.15) is 34.6 Å². The third kappa shape index (κ3) is 4.96. The molecule has 1 aliphatic rings. The Bertz CT molecular complexity index is 457. The van der Waals surface area contributed by atoms with Crippen LogP contribution in [-0.4, -0.2) is 42.5 Å². The zero-order valence-corrected chi connectivity index (χ0v) is 15.3. The van der Waals surface area contributed by atoms with E-state index in [0.717, 1.165) is 4.90 Å². The minimum atomic E-state index is -1.82. The molecule has 1 aliphatic heterocycles. The number of hydrogen-bond donors (Lipinski definition) is 0. The van der Waals surface area contributed by atoms with E-state index >= 15 is 0 Å². The lowest BCUT2D eigenvalue weighted by Gasteiger charge is -2.40. The average molecular weight is 313 g/mol. The van der Waals surface area contributed by atoms with Crippen molar-refractivity contribution in [2.75, 3.05) is 0 Å². The van der Waals surface area contributed by atoms with E-state index < -0.39 is 31.7 Å². The minimum absolute atomic E-state index is 0.360. The lowest BCUT2D eigenvalue weighted by atomic mass is 9.99. The predicted octanol–water partition coefficient (Wildman–Crippen LogP) is 3.32. The first-order valence-electron chi connectivity index (χ1n) is 7.17. The first kappa shape index (κ1) is 17.9. The lowest BCUT2D eigenvalue weighted by Crippen LogP contribution is -2.55. The van der Waals surface area contributed by atoms with Gasteiger partial charge in [-0.3, -0.25) is 4.79 Å². The molecule has 21 heavy (non-hydrogen) atoms. The van der Waals surface area contributed by atoms with E-state index in [1.807, 2.05) is 13.8 Å². The summed E-state index contributed by atoms with van der Waals surface area (Å²) in [5.41, 5.74) is -1.29. The topological polar surface area (TPSA) is 55.8 Å². The number of carbonyl (C=O) groups excluding carboxylic acids is 2. The van der Waals surface area contributed by atoms with Gasteiger partial charge in [-0.15, -0.1) is 0 Å². The van der Waals surface area contributed by atoms with Crippen molar-refractivity contribution in [3.63, 3.8) is 0 Å². The number of imide groups is 1. The maximum absolute atomic E-state index is 12.3. The molecule has 0 radical (unpaired) electrons. The summed E-state index contributed by atoms with van der Waals surface area (Å²) in [5.74, 6) is -0.360. The smallest absolute Gasteiger partial charge is 0.417 e. The van der Waals surface area contributed by atoms with Gasteiger partial charge in [0.05, 0.1) is 11.6 Å². The molecule has 0 aromatic rings. The Morgan fingerprint density at radius 1 is 1.19 bits per heavy atom. The first-order valence-corrected chi connectivity index (χ1v) is 10.6. The van der Waals surface area contributed by atoms with E-state index in [2.05, 4.69) is 19.6 Å². The van der Waals surface area contributed by atoms with Crippen LogP contribution in [0.15, 0.2) is 12.2 Å². The zero-order valence-electron chi connectivity index (χ0n) is 14.3. The monoisotopic (exact) mass is 313 g/mol. The van der Waals surface area contributed by atoms with E-state index in [1.54, 1.807) is 26.8 Å². The van der Waals surface area contributed by atoms with Crippen LogP contribution in [0.25, 0.3) is 0 Å².